The lowest BCUT2D eigenvalue weighted by atomic mass is 9.67. The second-order valence-electron chi connectivity index (χ2n) is 10.7. The predicted molar refractivity (Wildman–Crippen MR) is 145 cm³/mol. The van der Waals surface area contributed by atoms with Gasteiger partial charge in [0.2, 0.25) is 0 Å². The molecule has 3 unspecified atom stereocenters. The summed E-state index contributed by atoms with van der Waals surface area (Å²) in [7, 11) is 0. The van der Waals surface area contributed by atoms with Crippen molar-refractivity contribution in [3.8, 4) is 5.75 Å². The van der Waals surface area contributed by atoms with Gasteiger partial charge in [0.25, 0.3) is 0 Å². The Morgan fingerprint density at radius 3 is 2.74 bits per heavy atom. The van der Waals surface area contributed by atoms with Gasteiger partial charge in [0.15, 0.2) is 0 Å². The fourth-order valence-corrected chi connectivity index (χ4v) is 6.00. The van der Waals surface area contributed by atoms with Gasteiger partial charge in [-0.3, -0.25) is 4.98 Å². The Bertz CT molecular complexity index is 1250. The van der Waals surface area contributed by atoms with Gasteiger partial charge in [0.1, 0.15) is 5.75 Å². The molecule has 1 aromatic heterocycles. The molecule has 0 aliphatic heterocycles. The quantitative estimate of drug-likeness (QED) is 0.273. The van der Waals surface area contributed by atoms with E-state index >= 15 is 0 Å². The number of ether oxygens (including phenoxy) is 1. The van der Waals surface area contributed by atoms with E-state index in [0.29, 0.717) is 36.9 Å². The molecule has 3 aromatic rings. The van der Waals surface area contributed by atoms with Gasteiger partial charge < -0.3 is 20.5 Å². The minimum absolute atomic E-state index is 0. The summed E-state index contributed by atoms with van der Waals surface area (Å²) in [4.78, 5) is 4.50. The number of pyridine rings is 1. The van der Waals surface area contributed by atoms with Gasteiger partial charge in [0, 0.05) is 34.6 Å². The first-order chi connectivity index (χ1) is 17.7. The molecule has 3 N–H and O–H groups in total. The molecule has 2 radical (unpaired) electrons. The predicted octanol–water partition coefficient (Wildman–Crippen LogP) is 7.08. The van der Waals surface area contributed by atoms with Crippen LogP contribution in [0.25, 0.3) is 10.9 Å². The topological polar surface area (TPSA) is 66.4 Å². The lowest BCUT2D eigenvalue weighted by Gasteiger charge is -2.45. The van der Waals surface area contributed by atoms with E-state index in [9.17, 15) is 18.3 Å². The number of aryl methyl sites for hydroxylation is 1. The molecular weight excluding hydrogens is 491 g/mol. The van der Waals surface area contributed by atoms with Crippen LogP contribution in [0.15, 0.2) is 48.5 Å². The SMILES string of the molecule is Cc1cc(Nc2cc(OCCCNC3CC4CCCC(O)(C4)C3)cc(C(F)(F)F)c2)c2ccccc2n1.[CH2]. The number of anilines is 2. The zero-order chi connectivity index (χ0) is 26.0. The summed E-state index contributed by atoms with van der Waals surface area (Å²) < 4.78 is 46.7. The average Bonchev–Trinajstić information content (AvgIpc) is 2.82. The monoisotopic (exact) mass is 527 g/mol. The third-order valence-electron chi connectivity index (χ3n) is 7.55. The summed E-state index contributed by atoms with van der Waals surface area (Å²) in [6, 6.07) is 13.4. The Hall–Kier alpha value is -2.84. The number of benzene rings is 2. The number of hydrogen-bond donors (Lipinski definition) is 3. The summed E-state index contributed by atoms with van der Waals surface area (Å²) in [6.45, 7) is 2.84. The Kier molecular flexibility index (Phi) is 8.52. The molecule has 2 bridgehead atoms. The highest BCUT2D eigenvalue weighted by molar-refractivity contribution is 5.93. The first kappa shape index (κ1) is 28.2. The Labute approximate surface area is 222 Å². The molecule has 0 saturated heterocycles. The van der Waals surface area contributed by atoms with E-state index in [2.05, 4.69) is 15.6 Å². The smallest absolute Gasteiger partial charge is 0.416 e. The van der Waals surface area contributed by atoms with Crippen molar-refractivity contribution < 1.29 is 23.0 Å². The van der Waals surface area contributed by atoms with Gasteiger partial charge in [-0.2, -0.15) is 13.2 Å². The maximum Gasteiger partial charge on any atom is 0.416 e. The molecule has 204 valence electrons. The van der Waals surface area contributed by atoms with Crippen molar-refractivity contribution in [2.75, 3.05) is 18.5 Å². The van der Waals surface area contributed by atoms with Gasteiger partial charge in [0.05, 0.1) is 23.3 Å². The number of alkyl halides is 3. The van der Waals surface area contributed by atoms with Crippen LogP contribution in [0.5, 0.6) is 5.75 Å². The lowest BCUT2D eigenvalue weighted by molar-refractivity contribution is -0.137. The number of fused-ring (bicyclic) bond motifs is 3. The molecule has 2 aliphatic rings. The maximum absolute atomic E-state index is 13.7. The van der Waals surface area contributed by atoms with Crippen LogP contribution in [0.4, 0.5) is 24.5 Å². The molecule has 1 heterocycles. The zero-order valence-electron chi connectivity index (χ0n) is 21.8. The van der Waals surface area contributed by atoms with Crippen molar-refractivity contribution in [3.05, 3.63) is 67.2 Å². The number of aromatic nitrogens is 1. The maximum atomic E-state index is 13.7. The number of halogens is 3. The molecule has 2 fully saturated rings. The van der Waals surface area contributed by atoms with Crippen LogP contribution in [0, 0.1) is 20.3 Å². The molecule has 2 saturated carbocycles. The van der Waals surface area contributed by atoms with Gasteiger partial charge in [-0.15, -0.1) is 0 Å². The highest BCUT2D eigenvalue weighted by atomic mass is 19.4. The first-order valence-corrected chi connectivity index (χ1v) is 13.1. The van der Waals surface area contributed by atoms with Crippen molar-refractivity contribution >= 4 is 22.3 Å². The van der Waals surface area contributed by atoms with Crippen molar-refractivity contribution in [2.45, 2.75) is 69.7 Å². The number of nitrogens with zero attached hydrogens (tertiary/aromatic N) is 1. The van der Waals surface area contributed by atoms with Crippen molar-refractivity contribution in [1.29, 1.82) is 0 Å². The zero-order valence-corrected chi connectivity index (χ0v) is 21.8. The number of nitrogens with one attached hydrogen (secondary N) is 2. The fourth-order valence-electron chi connectivity index (χ4n) is 6.00. The Morgan fingerprint density at radius 1 is 1.13 bits per heavy atom. The largest absolute Gasteiger partial charge is 0.493 e. The van der Waals surface area contributed by atoms with Crippen LogP contribution in [0.2, 0.25) is 0 Å². The van der Waals surface area contributed by atoms with E-state index in [4.69, 9.17) is 4.74 Å². The standard InChI is InChI=1S/C29H34F3N3O2.CH2/c1-19-12-27(25-7-2-3-8-26(25)34-19)35-22-14-21(29(30,31)32)15-24(16-22)37-11-5-10-33-23-13-20-6-4-9-28(36,17-20)18-23;/h2-3,7-8,12,14-16,20,23,33,36H,4-6,9-11,13,17-18H2,1H3,(H,34,35);1H2. The number of para-hydroxylation sites is 1. The molecule has 3 atom stereocenters. The molecule has 5 nitrogen and oxygen atoms in total. The van der Waals surface area contributed by atoms with E-state index in [1.54, 1.807) is 6.07 Å². The van der Waals surface area contributed by atoms with E-state index in [-0.39, 0.29) is 19.2 Å². The van der Waals surface area contributed by atoms with Crippen LogP contribution in [0.1, 0.15) is 56.2 Å². The number of hydrogen-bond acceptors (Lipinski definition) is 5. The normalized spacial score (nSPS) is 23.1. The van der Waals surface area contributed by atoms with Gasteiger partial charge in [-0.1, -0.05) is 38.5 Å². The van der Waals surface area contributed by atoms with Crippen LogP contribution in [-0.4, -0.2) is 34.9 Å². The first-order valence-electron chi connectivity index (χ1n) is 13.1. The van der Waals surface area contributed by atoms with Crippen LogP contribution < -0.4 is 15.4 Å². The number of aliphatic hydroxyl groups is 1. The van der Waals surface area contributed by atoms with Gasteiger partial charge in [-0.25, -0.2) is 0 Å². The molecule has 2 aromatic carbocycles. The summed E-state index contributed by atoms with van der Waals surface area (Å²) in [5.41, 5.74) is 1.25. The van der Waals surface area contributed by atoms with Crippen LogP contribution >= 0.6 is 0 Å². The molecule has 0 spiro atoms. The summed E-state index contributed by atoms with van der Waals surface area (Å²) in [5.74, 6) is 0.757. The molecule has 8 heteroatoms. The Morgan fingerprint density at radius 2 is 1.95 bits per heavy atom. The molecular formula is C30H36F3N3O2. The summed E-state index contributed by atoms with van der Waals surface area (Å²) in [6.07, 6.45) is 2.10. The third-order valence-corrected chi connectivity index (χ3v) is 7.55. The second-order valence-corrected chi connectivity index (χ2v) is 10.7. The van der Waals surface area contributed by atoms with E-state index < -0.39 is 17.3 Å². The van der Waals surface area contributed by atoms with Gasteiger partial charge >= 0.3 is 6.18 Å². The van der Waals surface area contributed by atoms with Crippen molar-refractivity contribution in [2.24, 2.45) is 5.92 Å². The second kappa shape index (κ2) is 11.5. The lowest BCUT2D eigenvalue weighted by Crippen LogP contribution is -2.49. The van der Waals surface area contributed by atoms with Gasteiger partial charge in [-0.05, 0) is 75.8 Å². The molecule has 5 rings (SSSR count). The van der Waals surface area contributed by atoms with Crippen molar-refractivity contribution in [3.63, 3.8) is 0 Å². The minimum atomic E-state index is -4.49. The molecule has 0 amide bonds. The van der Waals surface area contributed by atoms with E-state index in [1.807, 2.05) is 37.3 Å². The minimum Gasteiger partial charge on any atom is -0.493 e. The summed E-state index contributed by atoms with van der Waals surface area (Å²) >= 11 is 0. The highest BCUT2D eigenvalue weighted by Gasteiger charge is 2.41. The highest BCUT2D eigenvalue weighted by Crippen LogP contribution is 2.42. The van der Waals surface area contributed by atoms with E-state index in [0.717, 1.165) is 60.8 Å². The average molecular weight is 528 g/mol. The summed E-state index contributed by atoms with van der Waals surface area (Å²) in [5, 5.41) is 18.3. The van der Waals surface area contributed by atoms with E-state index in [1.165, 1.54) is 6.42 Å². The fraction of sp³-hybridized carbons (Fsp3) is 0.467. The number of rotatable bonds is 8. The molecule has 2 aliphatic carbocycles. The van der Waals surface area contributed by atoms with Crippen LogP contribution in [-0.2, 0) is 6.18 Å². The molecule has 38 heavy (non-hydrogen) atoms. The van der Waals surface area contributed by atoms with Crippen LogP contribution in [0.3, 0.4) is 0 Å². The third kappa shape index (κ3) is 6.77. The van der Waals surface area contributed by atoms with Crippen molar-refractivity contribution in [1.82, 2.24) is 10.3 Å². The Balaban J connectivity index is 0.00000336.